The minimum absolute atomic E-state index is 1.19. The van der Waals surface area contributed by atoms with Gasteiger partial charge in [0.1, 0.15) is 0 Å². The SMILES string of the molecule is C=C/C=C(\C=C(C)C)c1cccc(-c2ccccc2)c1. The Morgan fingerprint density at radius 2 is 1.60 bits per heavy atom. The molecule has 0 aliphatic rings. The van der Waals surface area contributed by atoms with E-state index in [1.54, 1.807) is 0 Å². The lowest BCUT2D eigenvalue weighted by Gasteiger charge is -2.07. The minimum atomic E-state index is 1.19. The molecule has 0 bridgehead atoms. The van der Waals surface area contributed by atoms with Crippen molar-refractivity contribution in [2.75, 3.05) is 0 Å². The largest absolute Gasteiger partial charge is 0.0990 e. The summed E-state index contributed by atoms with van der Waals surface area (Å²) in [6.45, 7) is 8.03. The highest BCUT2D eigenvalue weighted by atomic mass is 14.1. The lowest BCUT2D eigenvalue weighted by atomic mass is 9.98. The Labute approximate surface area is 121 Å². The van der Waals surface area contributed by atoms with Gasteiger partial charge in [-0.15, -0.1) is 0 Å². The highest BCUT2D eigenvalue weighted by Crippen LogP contribution is 2.25. The third kappa shape index (κ3) is 3.58. The van der Waals surface area contributed by atoms with Crippen molar-refractivity contribution in [1.29, 1.82) is 0 Å². The number of hydrogen-bond acceptors (Lipinski definition) is 0. The van der Waals surface area contributed by atoms with Gasteiger partial charge in [0, 0.05) is 0 Å². The van der Waals surface area contributed by atoms with Crippen molar-refractivity contribution in [2.24, 2.45) is 0 Å². The van der Waals surface area contributed by atoms with E-state index in [1.165, 1.54) is 27.8 Å². The lowest BCUT2D eigenvalue weighted by Crippen LogP contribution is -1.84. The smallest absolute Gasteiger partial charge is 0.0178 e. The van der Waals surface area contributed by atoms with Crippen LogP contribution in [0.1, 0.15) is 19.4 Å². The van der Waals surface area contributed by atoms with Gasteiger partial charge in [0.25, 0.3) is 0 Å². The molecule has 0 aliphatic carbocycles. The Bertz CT molecular complexity index is 639. The van der Waals surface area contributed by atoms with Crippen LogP contribution in [-0.4, -0.2) is 0 Å². The zero-order valence-electron chi connectivity index (χ0n) is 12.1. The third-order valence-corrected chi connectivity index (χ3v) is 3.04. The van der Waals surface area contributed by atoms with E-state index in [9.17, 15) is 0 Å². The fourth-order valence-electron chi connectivity index (χ4n) is 2.17. The summed E-state index contributed by atoms with van der Waals surface area (Å²) in [6, 6.07) is 19.1. The molecule has 0 radical (unpaired) electrons. The average molecular weight is 260 g/mol. The number of rotatable bonds is 4. The van der Waals surface area contributed by atoms with Gasteiger partial charge >= 0.3 is 0 Å². The van der Waals surface area contributed by atoms with E-state index < -0.39 is 0 Å². The Morgan fingerprint density at radius 1 is 0.900 bits per heavy atom. The second-order valence-electron chi connectivity index (χ2n) is 5.03. The molecule has 0 aliphatic heterocycles. The first-order chi connectivity index (χ1) is 9.70. The van der Waals surface area contributed by atoms with Crippen molar-refractivity contribution in [3.63, 3.8) is 0 Å². The first-order valence-corrected chi connectivity index (χ1v) is 6.84. The summed E-state index contributed by atoms with van der Waals surface area (Å²) in [7, 11) is 0. The molecule has 0 fully saturated rings. The van der Waals surface area contributed by atoms with Crippen LogP contribution in [0.5, 0.6) is 0 Å². The second-order valence-corrected chi connectivity index (χ2v) is 5.03. The van der Waals surface area contributed by atoms with Gasteiger partial charge in [0.2, 0.25) is 0 Å². The molecule has 0 spiro atoms. The summed E-state index contributed by atoms with van der Waals surface area (Å²) in [6.07, 6.45) is 6.08. The summed E-state index contributed by atoms with van der Waals surface area (Å²) >= 11 is 0. The average Bonchev–Trinajstić information content (AvgIpc) is 2.47. The van der Waals surface area contributed by atoms with Crippen molar-refractivity contribution in [3.05, 3.63) is 90.5 Å². The molecule has 2 aromatic carbocycles. The van der Waals surface area contributed by atoms with Crippen LogP contribution in [0.15, 0.2) is 85.0 Å². The maximum atomic E-state index is 3.81. The van der Waals surface area contributed by atoms with E-state index in [2.05, 4.69) is 81.1 Å². The fourth-order valence-corrected chi connectivity index (χ4v) is 2.17. The quantitative estimate of drug-likeness (QED) is 0.601. The molecule has 0 atom stereocenters. The maximum absolute atomic E-state index is 3.81. The second kappa shape index (κ2) is 6.72. The number of allylic oxidation sites excluding steroid dienone is 5. The minimum Gasteiger partial charge on any atom is -0.0990 e. The summed E-state index contributed by atoms with van der Waals surface area (Å²) in [5, 5.41) is 0. The van der Waals surface area contributed by atoms with Gasteiger partial charge in [-0.05, 0) is 42.2 Å². The number of hydrogen-bond donors (Lipinski definition) is 0. The molecule has 0 saturated carbocycles. The highest BCUT2D eigenvalue weighted by Gasteiger charge is 2.01. The maximum Gasteiger partial charge on any atom is -0.0178 e. The van der Waals surface area contributed by atoms with Crippen molar-refractivity contribution < 1.29 is 0 Å². The molecule has 0 aromatic heterocycles. The van der Waals surface area contributed by atoms with Crippen LogP contribution in [-0.2, 0) is 0 Å². The van der Waals surface area contributed by atoms with Crippen LogP contribution in [0.4, 0.5) is 0 Å². The summed E-state index contributed by atoms with van der Waals surface area (Å²) in [5.41, 5.74) is 6.16. The van der Waals surface area contributed by atoms with Gasteiger partial charge in [-0.1, -0.05) is 78.9 Å². The Balaban J connectivity index is 2.46. The lowest BCUT2D eigenvalue weighted by molar-refractivity contribution is 1.39. The Morgan fingerprint density at radius 3 is 2.25 bits per heavy atom. The first-order valence-electron chi connectivity index (χ1n) is 6.84. The van der Waals surface area contributed by atoms with E-state index in [4.69, 9.17) is 0 Å². The summed E-state index contributed by atoms with van der Waals surface area (Å²) in [4.78, 5) is 0. The fraction of sp³-hybridized carbons (Fsp3) is 0.100. The summed E-state index contributed by atoms with van der Waals surface area (Å²) < 4.78 is 0. The van der Waals surface area contributed by atoms with E-state index in [0.717, 1.165) is 0 Å². The molecule has 0 unspecified atom stereocenters. The van der Waals surface area contributed by atoms with Gasteiger partial charge in [-0.3, -0.25) is 0 Å². The topological polar surface area (TPSA) is 0 Å². The Kier molecular flexibility index (Phi) is 4.73. The zero-order valence-corrected chi connectivity index (χ0v) is 12.1. The predicted molar refractivity (Wildman–Crippen MR) is 89.5 cm³/mol. The van der Waals surface area contributed by atoms with Crippen molar-refractivity contribution in [3.8, 4) is 11.1 Å². The molecule has 2 aromatic rings. The molecule has 0 heterocycles. The van der Waals surface area contributed by atoms with E-state index in [0.29, 0.717) is 0 Å². The van der Waals surface area contributed by atoms with E-state index in [-0.39, 0.29) is 0 Å². The summed E-state index contributed by atoms with van der Waals surface area (Å²) in [5.74, 6) is 0. The van der Waals surface area contributed by atoms with Gasteiger partial charge < -0.3 is 0 Å². The normalized spacial score (nSPS) is 11.0. The molecular formula is C20H20. The van der Waals surface area contributed by atoms with Gasteiger partial charge in [-0.2, -0.15) is 0 Å². The zero-order chi connectivity index (χ0) is 14.4. The van der Waals surface area contributed by atoms with Crippen LogP contribution in [0.2, 0.25) is 0 Å². The molecule has 0 heteroatoms. The van der Waals surface area contributed by atoms with Gasteiger partial charge in [0.15, 0.2) is 0 Å². The molecule has 100 valence electrons. The highest BCUT2D eigenvalue weighted by molar-refractivity contribution is 5.79. The molecule has 0 amide bonds. The molecule has 20 heavy (non-hydrogen) atoms. The van der Waals surface area contributed by atoms with E-state index in [1.807, 2.05) is 12.1 Å². The Hall–Kier alpha value is -2.34. The third-order valence-electron chi connectivity index (χ3n) is 3.04. The van der Waals surface area contributed by atoms with Crippen molar-refractivity contribution in [1.82, 2.24) is 0 Å². The van der Waals surface area contributed by atoms with Crippen LogP contribution in [0.3, 0.4) is 0 Å². The van der Waals surface area contributed by atoms with E-state index >= 15 is 0 Å². The molecular weight excluding hydrogens is 240 g/mol. The molecule has 2 rings (SSSR count). The first kappa shape index (κ1) is 14.1. The standard InChI is InChI=1S/C20H20/c1-4-9-18(14-16(2)3)20-13-8-12-19(15-20)17-10-6-5-7-11-17/h4-15H,1H2,2-3H3/b18-9+. The molecule has 0 N–H and O–H groups in total. The molecule has 0 nitrogen and oxygen atoms in total. The van der Waals surface area contributed by atoms with Crippen LogP contribution < -0.4 is 0 Å². The van der Waals surface area contributed by atoms with Crippen LogP contribution in [0, 0.1) is 0 Å². The number of benzene rings is 2. The monoisotopic (exact) mass is 260 g/mol. The predicted octanol–water partition coefficient (Wildman–Crippen LogP) is 5.89. The van der Waals surface area contributed by atoms with Gasteiger partial charge in [-0.25, -0.2) is 0 Å². The van der Waals surface area contributed by atoms with Crippen LogP contribution in [0.25, 0.3) is 16.7 Å². The van der Waals surface area contributed by atoms with Gasteiger partial charge in [0.05, 0.1) is 0 Å². The van der Waals surface area contributed by atoms with Crippen LogP contribution >= 0.6 is 0 Å². The van der Waals surface area contributed by atoms with Crippen molar-refractivity contribution >= 4 is 5.57 Å². The molecule has 0 saturated heterocycles. The van der Waals surface area contributed by atoms with Crippen molar-refractivity contribution in [2.45, 2.75) is 13.8 Å².